The number of para-hydroxylation sites is 1. The van der Waals surface area contributed by atoms with Crippen LogP contribution in [0.1, 0.15) is 21.7 Å². The molecule has 0 unspecified atom stereocenters. The van der Waals surface area contributed by atoms with E-state index in [-0.39, 0.29) is 18.4 Å². The molecular weight excluding hydrogens is 342 g/mol. The minimum absolute atomic E-state index is 0.0280. The van der Waals surface area contributed by atoms with E-state index in [4.69, 9.17) is 9.15 Å². The molecule has 1 aromatic heterocycles. The Hall–Kier alpha value is -3.05. The average Bonchev–Trinajstić information content (AvgIpc) is 3.23. The number of ether oxygens (including phenoxy) is 1. The summed E-state index contributed by atoms with van der Waals surface area (Å²) in [5.74, 6) is 1.26. The maximum Gasteiger partial charge on any atom is 0.251 e. The molecule has 0 saturated heterocycles. The van der Waals surface area contributed by atoms with Crippen molar-refractivity contribution >= 4 is 5.91 Å². The standard InChI is InChI=1S/C22H23NO4/c24-15-17(13-20-10-6-12-26-20)14-23-22(25)21-11-5-4-7-18(21)16-27-19-8-2-1-3-9-19/h1-12,17,24H,13-16H2,(H,23,25)/t17-/m0/s1. The Kier molecular flexibility index (Phi) is 6.66. The number of amides is 1. The summed E-state index contributed by atoms with van der Waals surface area (Å²) in [6, 6.07) is 20.5. The fourth-order valence-corrected chi connectivity index (χ4v) is 2.79. The molecule has 1 amide bonds. The van der Waals surface area contributed by atoms with Gasteiger partial charge in [0.15, 0.2) is 0 Å². The first-order valence-corrected chi connectivity index (χ1v) is 8.93. The van der Waals surface area contributed by atoms with Crippen molar-refractivity contribution < 1.29 is 19.1 Å². The van der Waals surface area contributed by atoms with Crippen molar-refractivity contribution in [2.45, 2.75) is 13.0 Å². The summed E-state index contributed by atoms with van der Waals surface area (Å²) in [6.07, 6.45) is 2.17. The molecule has 3 rings (SSSR count). The predicted octanol–water partition coefficient (Wildman–Crippen LogP) is 3.44. The van der Waals surface area contributed by atoms with Crippen LogP contribution in [0.25, 0.3) is 0 Å². The number of nitrogens with one attached hydrogen (secondary N) is 1. The summed E-state index contributed by atoms with van der Waals surface area (Å²) < 4.78 is 11.1. The Labute approximate surface area is 158 Å². The van der Waals surface area contributed by atoms with Gasteiger partial charge in [0.1, 0.15) is 18.1 Å². The second kappa shape index (κ2) is 9.59. The first-order valence-electron chi connectivity index (χ1n) is 8.93. The number of carbonyl (C=O) groups excluding carboxylic acids is 1. The molecule has 2 N–H and O–H groups in total. The van der Waals surface area contributed by atoms with E-state index in [2.05, 4.69) is 5.32 Å². The molecule has 0 saturated carbocycles. The van der Waals surface area contributed by atoms with Gasteiger partial charge in [0.2, 0.25) is 0 Å². The third kappa shape index (κ3) is 5.46. The van der Waals surface area contributed by atoms with Crippen LogP contribution in [0.3, 0.4) is 0 Å². The summed E-state index contributed by atoms with van der Waals surface area (Å²) in [4.78, 5) is 12.6. The van der Waals surface area contributed by atoms with Crippen LogP contribution < -0.4 is 10.1 Å². The lowest BCUT2D eigenvalue weighted by Gasteiger charge is -2.15. The second-order valence-electron chi connectivity index (χ2n) is 6.30. The Morgan fingerprint density at radius 2 is 1.81 bits per heavy atom. The number of benzene rings is 2. The van der Waals surface area contributed by atoms with Gasteiger partial charge in [-0.1, -0.05) is 36.4 Å². The quantitative estimate of drug-likeness (QED) is 0.609. The maximum atomic E-state index is 12.6. The topological polar surface area (TPSA) is 71.7 Å². The summed E-state index contributed by atoms with van der Waals surface area (Å²) in [5.41, 5.74) is 1.38. The zero-order valence-corrected chi connectivity index (χ0v) is 15.0. The highest BCUT2D eigenvalue weighted by Gasteiger charge is 2.15. The number of hydrogen-bond acceptors (Lipinski definition) is 4. The van der Waals surface area contributed by atoms with Crippen LogP contribution in [-0.4, -0.2) is 24.2 Å². The minimum atomic E-state index is -0.180. The normalized spacial score (nSPS) is 11.7. The van der Waals surface area contributed by atoms with Crippen molar-refractivity contribution in [2.75, 3.05) is 13.2 Å². The first kappa shape index (κ1) is 18.7. The van der Waals surface area contributed by atoms with Crippen molar-refractivity contribution in [1.29, 1.82) is 0 Å². The van der Waals surface area contributed by atoms with Gasteiger partial charge in [-0.25, -0.2) is 0 Å². The van der Waals surface area contributed by atoms with E-state index in [0.29, 0.717) is 25.1 Å². The molecule has 140 valence electrons. The third-order valence-corrected chi connectivity index (χ3v) is 4.28. The fraction of sp³-hybridized carbons (Fsp3) is 0.227. The van der Waals surface area contributed by atoms with E-state index in [9.17, 15) is 9.90 Å². The molecule has 0 bridgehead atoms. The zero-order chi connectivity index (χ0) is 18.9. The lowest BCUT2D eigenvalue weighted by atomic mass is 10.0. The SMILES string of the molecule is O=C(NC[C@@H](CO)Cc1ccco1)c1ccccc1COc1ccccc1. The summed E-state index contributed by atoms with van der Waals surface area (Å²) >= 11 is 0. The minimum Gasteiger partial charge on any atom is -0.489 e. The molecular formula is C22H23NO4. The van der Waals surface area contributed by atoms with Crippen molar-refractivity contribution in [3.8, 4) is 5.75 Å². The van der Waals surface area contributed by atoms with Gasteiger partial charge >= 0.3 is 0 Å². The van der Waals surface area contributed by atoms with Crippen LogP contribution in [-0.2, 0) is 13.0 Å². The fourth-order valence-electron chi connectivity index (χ4n) is 2.79. The van der Waals surface area contributed by atoms with Gasteiger partial charge in [0.05, 0.1) is 6.26 Å². The van der Waals surface area contributed by atoms with Gasteiger partial charge < -0.3 is 19.6 Å². The largest absolute Gasteiger partial charge is 0.489 e. The summed E-state index contributed by atoms with van der Waals surface area (Å²) in [7, 11) is 0. The number of aliphatic hydroxyl groups excluding tert-OH is 1. The lowest BCUT2D eigenvalue weighted by Crippen LogP contribution is -2.32. The van der Waals surface area contributed by atoms with Crippen molar-refractivity contribution in [1.82, 2.24) is 5.32 Å². The Bertz CT molecular complexity index is 831. The van der Waals surface area contributed by atoms with Crippen LogP contribution in [0.5, 0.6) is 5.75 Å². The molecule has 0 aliphatic rings. The Morgan fingerprint density at radius 1 is 1.04 bits per heavy atom. The Morgan fingerprint density at radius 3 is 2.56 bits per heavy atom. The molecule has 1 heterocycles. The van der Waals surface area contributed by atoms with E-state index < -0.39 is 0 Å². The number of aliphatic hydroxyl groups is 1. The average molecular weight is 365 g/mol. The molecule has 0 spiro atoms. The molecule has 0 fully saturated rings. The smallest absolute Gasteiger partial charge is 0.251 e. The van der Waals surface area contributed by atoms with Crippen molar-refractivity contribution in [3.63, 3.8) is 0 Å². The zero-order valence-electron chi connectivity index (χ0n) is 15.0. The molecule has 0 aliphatic heterocycles. The van der Waals surface area contributed by atoms with Crippen molar-refractivity contribution in [2.24, 2.45) is 5.92 Å². The van der Waals surface area contributed by atoms with Gasteiger partial charge in [0.25, 0.3) is 5.91 Å². The highest BCUT2D eigenvalue weighted by molar-refractivity contribution is 5.95. The van der Waals surface area contributed by atoms with Gasteiger partial charge in [-0.2, -0.15) is 0 Å². The summed E-state index contributed by atoms with van der Waals surface area (Å²) in [5, 5.41) is 12.5. The van der Waals surface area contributed by atoms with Crippen LogP contribution >= 0.6 is 0 Å². The van der Waals surface area contributed by atoms with Crippen LogP contribution in [0, 0.1) is 5.92 Å². The van der Waals surface area contributed by atoms with E-state index in [0.717, 1.165) is 17.1 Å². The number of rotatable bonds is 9. The van der Waals surface area contributed by atoms with E-state index in [1.165, 1.54) is 0 Å². The highest BCUT2D eigenvalue weighted by atomic mass is 16.5. The lowest BCUT2D eigenvalue weighted by molar-refractivity contribution is 0.0936. The van der Waals surface area contributed by atoms with Crippen LogP contribution in [0.4, 0.5) is 0 Å². The van der Waals surface area contributed by atoms with Crippen molar-refractivity contribution in [3.05, 3.63) is 89.9 Å². The molecule has 3 aromatic rings. The molecule has 1 atom stereocenters. The number of carbonyl (C=O) groups is 1. The number of furan rings is 1. The second-order valence-corrected chi connectivity index (χ2v) is 6.30. The van der Waals surface area contributed by atoms with Gasteiger partial charge in [0, 0.05) is 36.6 Å². The molecule has 2 aromatic carbocycles. The van der Waals surface area contributed by atoms with E-state index in [1.54, 1.807) is 12.3 Å². The van der Waals surface area contributed by atoms with Crippen LogP contribution in [0.2, 0.25) is 0 Å². The highest BCUT2D eigenvalue weighted by Crippen LogP contribution is 2.15. The van der Waals surface area contributed by atoms with Gasteiger partial charge in [-0.3, -0.25) is 4.79 Å². The molecule has 27 heavy (non-hydrogen) atoms. The van der Waals surface area contributed by atoms with Crippen LogP contribution in [0.15, 0.2) is 77.4 Å². The molecule has 5 nitrogen and oxygen atoms in total. The maximum absolute atomic E-state index is 12.6. The number of hydrogen-bond donors (Lipinski definition) is 2. The predicted molar refractivity (Wildman–Crippen MR) is 103 cm³/mol. The monoisotopic (exact) mass is 365 g/mol. The first-order chi connectivity index (χ1) is 13.3. The van der Waals surface area contributed by atoms with E-state index in [1.807, 2.05) is 60.7 Å². The third-order valence-electron chi connectivity index (χ3n) is 4.28. The van der Waals surface area contributed by atoms with Gasteiger partial charge in [-0.05, 0) is 30.3 Å². The molecule has 0 aliphatic carbocycles. The molecule has 0 radical (unpaired) electrons. The Balaban J connectivity index is 1.59. The summed E-state index contributed by atoms with van der Waals surface area (Å²) in [6.45, 7) is 0.646. The molecule has 5 heteroatoms. The van der Waals surface area contributed by atoms with E-state index >= 15 is 0 Å². The van der Waals surface area contributed by atoms with Gasteiger partial charge in [-0.15, -0.1) is 0 Å².